The largest absolute Gasteiger partial charge is 0.444 e. The van der Waals surface area contributed by atoms with Crippen LogP contribution in [0, 0.1) is 6.92 Å². The van der Waals surface area contributed by atoms with Crippen molar-refractivity contribution in [1.82, 2.24) is 15.8 Å². The maximum atomic E-state index is 13.2. The number of aromatic nitrogens is 1. The number of carbonyl (C=O) groups excluding carboxylic acids is 2. The van der Waals surface area contributed by atoms with E-state index in [2.05, 4.69) is 15.8 Å². The highest BCUT2D eigenvalue weighted by Crippen LogP contribution is 2.29. The zero-order valence-electron chi connectivity index (χ0n) is 20.0. The van der Waals surface area contributed by atoms with E-state index in [1.807, 2.05) is 58.0 Å². The number of thioether (sulfide) groups is 1. The molecular formula is C25H35N3O4S. The van der Waals surface area contributed by atoms with Gasteiger partial charge in [0, 0.05) is 17.5 Å². The van der Waals surface area contributed by atoms with Crippen molar-refractivity contribution in [3.63, 3.8) is 0 Å². The Hall–Kier alpha value is -2.48. The van der Waals surface area contributed by atoms with Crippen molar-refractivity contribution in [1.29, 1.82) is 0 Å². The van der Waals surface area contributed by atoms with Gasteiger partial charge >= 0.3 is 6.09 Å². The monoisotopic (exact) mass is 473 g/mol. The maximum Gasteiger partial charge on any atom is 0.408 e. The average Bonchev–Trinajstić information content (AvgIpc) is 3.03. The number of rotatable bonds is 7. The molecule has 0 atom stereocenters. The number of ether oxygens (including phenoxy) is 1. The molecule has 1 aromatic carbocycles. The number of alkyl carbamates (subject to hydrolysis) is 1. The third-order valence-corrected chi connectivity index (χ3v) is 6.69. The van der Waals surface area contributed by atoms with Gasteiger partial charge < -0.3 is 19.9 Å². The molecule has 2 N–H and O–H groups in total. The van der Waals surface area contributed by atoms with Crippen molar-refractivity contribution in [3.05, 3.63) is 47.3 Å². The normalized spacial score (nSPS) is 16.0. The zero-order chi connectivity index (χ0) is 23.9. The lowest BCUT2D eigenvalue weighted by Gasteiger charge is -2.35. The first-order valence-electron chi connectivity index (χ1n) is 11.6. The smallest absolute Gasteiger partial charge is 0.408 e. The molecule has 33 heavy (non-hydrogen) atoms. The molecule has 1 fully saturated rings. The Morgan fingerprint density at radius 3 is 2.48 bits per heavy atom. The summed E-state index contributed by atoms with van der Waals surface area (Å²) in [5.41, 5.74) is 0.369. The van der Waals surface area contributed by atoms with Crippen molar-refractivity contribution >= 4 is 23.8 Å². The van der Waals surface area contributed by atoms with E-state index >= 15 is 0 Å². The van der Waals surface area contributed by atoms with E-state index in [4.69, 9.17) is 9.26 Å². The molecular weight excluding hydrogens is 438 g/mol. The van der Waals surface area contributed by atoms with E-state index in [1.54, 1.807) is 0 Å². The Labute approximate surface area is 200 Å². The molecule has 1 aliphatic rings. The molecule has 2 aromatic rings. The minimum atomic E-state index is -0.572. The molecule has 3 rings (SSSR count). The molecule has 0 aliphatic heterocycles. The Morgan fingerprint density at radius 1 is 1.15 bits per heavy atom. The molecule has 1 aliphatic carbocycles. The van der Waals surface area contributed by atoms with E-state index < -0.39 is 17.2 Å². The number of carbonyl (C=O) groups is 2. The number of nitrogens with zero attached hydrogens (tertiary/aromatic N) is 1. The summed E-state index contributed by atoms with van der Waals surface area (Å²) in [6.45, 7) is 7.80. The summed E-state index contributed by atoms with van der Waals surface area (Å²) in [4.78, 5) is 26.6. The SMILES string of the molecule is Cc1cc(CSc2ccccc2C(=O)NCC2(NC(=O)OC(C)(C)C)CCCCCC2)on1. The van der Waals surface area contributed by atoms with E-state index in [-0.39, 0.29) is 5.91 Å². The van der Waals surface area contributed by atoms with Gasteiger partial charge in [-0.1, -0.05) is 43.0 Å². The van der Waals surface area contributed by atoms with Crippen LogP contribution in [0.4, 0.5) is 4.79 Å². The standard InChI is InChI=1S/C25H35N3O4S/c1-18-15-19(32-28-18)16-33-21-12-8-7-11-20(21)22(29)26-17-25(13-9-5-6-10-14-25)27-23(30)31-24(2,3)4/h7-8,11-12,15H,5-6,9-10,13-14,16-17H2,1-4H3,(H,26,29)(H,27,30). The van der Waals surface area contributed by atoms with Crippen LogP contribution >= 0.6 is 11.8 Å². The number of amides is 2. The van der Waals surface area contributed by atoms with Gasteiger partial charge in [-0.15, -0.1) is 11.8 Å². The highest BCUT2D eigenvalue weighted by molar-refractivity contribution is 7.98. The first-order chi connectivity index (χ1) is 15.7. The van der Waals surface area contributed by atoms with Crippen LogP contribution in [0.5, 0.6) is 0 Å². The van der Waals surface area contributed by atoms with Crippen LogP contribution in [-0.4, -0.2) is 34.8 Å². The summed E-state index contributed by atoms with van der Waals surface area (Å²) in [7, 11) is 0. The molecule has 0 saturated heterocycles. The summed E-state index contributed by atoms with van der Waals surface area (Å²) in [6, 6.07) is 9.43. The minimum Gasteiger partial charge on any atom is -0.444 e. The van der Waals surface area contributed by atoms with Gasteiger partial charge in [-0.25, -0.2) is 4.79 Å². The summed E-state index contributed by atoms with van der Waals surface area (Å²) in [5.74, 6) is 1.21. The van der Waals surface area contributed by atoms with Crippen LogP contribution in [0.1, 0.15) is 81.1 Å². The topological polar surface area (TPSA) is 93.5 Å². The molecule has 1 saturated carbocycles. The summed E-state index contributed by atoms with van der Waals surface area (Å²) in [5, 5.41) is 10.1. The fourth-order valence-corrected chi connectivity index (χ4v) is 4.95. The Bertz CT molecular complexity index is 943. The Morgan fingerprint density at radius 2 is 1.85 bits per heavy atom. The lowest BCUT2D eigenvalue weighted by Crippen LogP contribution is -2.56. The quantitative estimate of drug-likeness (QED) is 0.400. The van der Waals surface area contributed by atoms with E-state index in [9.17, 15) is 9.59 Å². The molecule has 0 spiro atoms. The number of hydrogen-bond donors (Lipinski definition) is 2. The van der Waals surface area contributed by atoms with Gasteiger partial charge in [0.05, 0.1) is 22.5 Å². The Balaban J connectivity index is 1.68. The molecule has 1 heterocycles. The zero-order valence-corrected chi connectivity index (χ0v) is 20.8. The van der Waals surface area contributed by atoms with Crippen molar-refractivity contribution in [2.24, 2.45) is 0 Å². The number of hydrogen-bond acceptors (Lipinski definition) is 6. The molecule has 7 nitrogen and oxygen atoms in total. The van der Waals surface area contributed by atoms with Gasteiger partial charge in [-0.05, 0) is 52.7 Å². The molecule has 0 unspecified atom stereocenters. The highest BCUT2D eigenvalue weighted by atomic mass is 32.2. The van der Waals surface area contributed by atoms with Gasteiger partial charge in [-0.3, -0.25) is 4.79 Å². The van der Waals surface area contributed by atoms with Crippen molar-refractivity contribution in [2.75, 3.05) is 6.54 Å². The van der Waals surface area contributed by atoms with Crippen molar-refractivity contribution in [2.45, 2.75) is 88.0 Å². The molecule has 1 aromatic heterocycles. The summed E-state index contributed by atoms with van der Waals surface area (Å²) >= 11 is 1.54. The van der Waals surface area contributed by atoms with Crippen LogP contribution in [0.15, 0.2) is 39.8 Å². The van der Waals surface area contributed by atoms with Crippen molar-refractivity contribution in [3.8, 4) is 0 Å². The van der Waals surface area contributed by atoms with E-state index in [0.29, 0.717) is 17.9 Å². The van der Waals surface area contributed by atoms with Crippen LogP contribution in [0.2, 0.25) is 0 Å². The molecule has 0 radical (unpaired) electrons. The minimum absolute atomic E-state index is 0.151. The predicted octanol–water partition coefficient (Wildman–Crippen LogP) is 5.62. The van der Waals surface area contributed by atoms with Crippen LogP contribution < -0.4 is 10.6 Å². The second kappa shape index (κ2) is 11.1. The lowest BCUT2D eigenvalue weighted by atomic mass is 9.90. The molecule has 2 amide bonds. The second-order valence-corrected chi connectivity index (χ2v) is 10.7. The number of nitrogens with one attached hydrogen (secondary N) is 2. The number of aryl methyl sites for hydroxylation is 1. The molecule has 180 valence electrons. The third-order valence-electron chi connectivity index (χ3n) is 5.59. The van der Waals surface area contributed by atoms with Crippen LogP contribution in [-0.2, 0) is 10.5 Å². The first-order valence-corrected chi connectivity index (χ1v) is 12.6. The molecule has 8 heteroatoms. The van der Waals surface area contributed by atoms with Crippen LogP contribution in [0.3, 0.4) is 0 Å². The molecule has 0 bridgehead atoms. The van der Waals surface area contributed by atoms with Gasteiger partial charge in [0.1, 0.15) is 11.4 Å². The Kier molecular flexibility index (Phi) is 8.46. The maximum absolute atomic E-state index is 13.2. The second-order valence-electron chi connectivity index (χ2n) is 9.72. The van der Waals surface area contributed by atoms with Crippen molar-refractivity contribution < 1.29 is 18.8 Å². The predicted molar refractivity (Wildman–Crippen MR) is 129 cm³/mol. The fourth-order valence-electron chi connectivity index (χ4n) is 4.03. The van der Waals surface area contributed by atoms with Gasteiger partial charge in [-0.2, -0.15) is 0 Å². The highest BCUT2D eigenvalue weighted by Gasteiger charge is 2.35. The summed E-state index contributed by atoms with van der Waals surface area (Å²) < 4.78 is 10.8. The third kappa shape index (κ3) is 7.81. The first kappa shape index (κ1) is 25.1. The van der Waals surface area contributed by atoms with E-state index in [1.165, 1.54) is 11.8 Å². The van der Waals surface area contributed by atoms with Gasteiger partial charge in [0.25, 0.3) is 5.91 Å². The van der Waals surface area contributed by atoms with Crippen LogP contribution in [0.25, 0.3) is 0 Å². The average molecular weight is 474 g/mol. The number of benzene rings is 1. The summed E-state index contributed by atoms with van der Waals surface area (Å²) in [6.07, 6.45) is 5.47. The lowest BCUT2D eigenvalue weighted by molar-refractivity contribution is 0.0437. The van der Waals surface area contributed by atoms with Gasteiger partial charge in [0.2, 0.25) is 0 Å². The van der Waals surface area contributed by atoms with Gasteiger partial charge in [0.15, 0.2) is 0 Å². The van der Waals surface area contributed by atoms with E-state index in [0.717, 1.165) is 54.9 Å². The fraction of sp³-hybridized carbons (Fsp3) is 0.560.